The zero-order valence-corrected chi connectivity index (χ0v) is 19.5. The Balaban J connectivity index is 2.08. The Bertz CT molecular complexity index is 1100. The molecule has 0 unspecified atom stereocenters. The van der Waals surface area contributed by atoms with Crippen LogP contribution in [0.2, 0.25) is 5.02 Å². The summed E-state index contributed by atoms with van der Waals surface area (Å²) in [5.74, 6) is 0. The number of halogens is 2. The van der Waals surface area contributed by atoms with E-state index in [9.17, 15) is 5.26 Å². The van der Waals surface area contributed by atoms with Crippen molar-refractivity contribution in [2.45, 2.75) is 6.16 Å². The van der Waals surface area contributed by atoms with Crippen molar-refractivity contribution >= 4 is 48.3 Å². The molecule has 30 heavy (non-hydrogen) atoms. The van der Waals surface area contributed by atoms with Gasteiger partial charge in [-0.05, 0) is 0 Å². The molecule has 4 aromatic carbocycles. The maximum absolute atomic E-state index is 9.26. The number of hydrogen-bond acceptors (Lipinski definition) is 1. The maximum atomic E-state index is 9.26. The van der Waals surface area contributed by atoms with Gasteiger partial charge in [0.05, 0.1) is 0 Å². The van der Waals surface area contributed by atoms with Crippen molar-refractivity contribution in [3.63, 3.8) is 0 Å². The first-order valence-electron chi connectivity index (χ1n) is 9.64. The van der Waals surface area contributed by atoms with E-state index in [1.807, 2.05) is 30.3 Å². The van der Waals surface area contributed by atoms with Crippen LogP contribution in [-0.2, 0) is 6.16 Å². The summed E-state index contributed by atoms with van der Waals surface area (Å²) in [6, 6.07) is 39.6. The van der Waals surface area contributed by atoms with Gasteiger partial charge in [-0.2, -0.15) is 0 Å². The van der Waals surface area contributed by atoms with Crippen molar-refractivity contribution in [3.05, 3.63) is 125 Å². The van der Waals surface area contributed by atoms with E-state index in [0.717, 1.165) is 5.56 Å². The van der Waals surface area contributed by atoms with Gasteiger partial charge in [-0.15, -0.1) is 0 Å². The summed E-state index contributed by atoms with van der Waals surface area (Å²) >= 11 is 11.1. The molecule has 4 rings (SSSR count). The molecule has 0 saturated carbocycles. The van der Waals surface area contributed by atoms with Crippen LogP contribution in [0.1, 0.15) is 11.1 Å². The van der Waals surface area contributed by atoms with Gasteiger partial charge in [0.25, 0.3) is 0 Å². The molecule has 0 N–H and O–H groups in total. The molecule has 148 valence electrons. The summed E-state index contributed by atoms with van der Waals surface area (Å²) in [7, 11) is 0. The van der Waals surface area contributed by atoms with Gasteiger partial charge in [0, 0.05) is 0 Å². The minimum atomic E-state index is -3.10. The fraction of sp³-hybridized carbons (Fsp3) is 0.0385. The molecule has 0 atom stereocenters. The zero-order chi connectivity index (χ0) is 21.1. The number of rotatable bonds is 5. The van der Waals surface area contributed by atoms with Crippen molar-refractivity contribution in [1.82, 2.24) is 0 Å². The third-order valence-electron chi connectivity index (χ3n) is 5.53. The normalized spacial score (nSPS) is 12.5. The van der Waals surface area contributed by atoms with Gasteiger partial charge < -0.3 is 0 Å². The van der Waals surface area contributed by atoms with Crippen LogP contribution in [0.15, 0.2) is 109 Å². The Morgan fingerprint density at radius 3 is 1.50 bits per heavy atom. The zero-order valence-electron chi connectivity index (χ0n) is 16.2. The number of hydrogen-bond donors (Lipinski definition) is 0. The van der Waals surface area contributed by atoms with Gasteiger partial charge in [0.2, 0.25) is 0 Å². The van der Waals surface area contributed by atoms with Gasteiger partial charge in [-0.3, -0.25) is 0 Å². The standard InChI is InChI=1S/C26H20BrClNP/c27-30(23-10-4-1-5-11-23,24-12-6-2-7-13-24,25-14-8-3-9-15-25)20-22-17-16-21(19-29)18-26(22)28/h1-18H,20H2. The molecule has 0 heterocycles. The molecular formula is C26H20BrClNP. The average Bonchev–Trinajstić information content (AvgIpc) is 2.82. The second-order valence-electron chi connectivity index (χ2n) is 7.27. The molecule has 0 fully saturated rings. The molecule has 1 nitrogen and oxygen atoms in total. The van der Waals surface area contributed by atoms with Crippen LogP contribution in [0.4, 0.5) is 0 Å². The molecule has 0 aliphatic carbocycles. The number of nitrogens with zero attached hydrogens (tertiary/aromatic N) is 1. The minimum absolute atomic E-state index is 0.567. The van der Waals surface area contributed by atoms with E-state index >= 15 is 0 Å². The Hall–Kier alpha value is -2.43. The van der Waals surface area contributed by atoms with Gasteiger partial charge >= 0.3 is 191 Å². The summed E-state index contributed by atoms with van der Waals surface area (Å²) in [6.45, 7) is 0. The molecular weight excluding hydrogens is 473 g/mol. The first-order chi connectivity index (χ1) is 14.6. The van der Waals surface area contributed by atoms with Crippen molar-refractivity contribution in [2.75, 3.05) is 0 Å². The van der Waals surface area contributed by atoms with Gasteiger partial charge in [0.1, 0.15) is 0 Å². The Labute approximate surface area is 190 Å². The number of nitriles is 1. The molecule has 0 amide bonds. The average molecular weight is 493 g/mol. The SMILES string of the molecule is N#Cc1ccc(CP(Br)(c2ccccc2)(c2ccccc2)c2ccccc2)c(Cl)c1. The van der Waals surface area contributed by atoms with Crippen LogP contribution in [0.3, 0.4) is 0 Å². The Kier molecular flexibility index (Phi) is 5.81. The van der Waals surface area contributed by atoms with Crippen molar-refractivity contribution in [3.8, 4) is 6.07 Å². The topological polar surface area (TPSA) is 23.8 Å². The van der Waals surface area contributed by atoms with E-state index in [2.05, 4.69) is 94.4 Å². The Morgan fingerprint density at radius 1 is 0.700 bits per heavy atom. The Morgan fingerprint density at radius 2 is 1.13 bits per heavy atom. The predicted octanol–water partition coefficient (Wildman–Crippen LogP) is 6.55. The van der Waals surface area contributed by atoms with Crippen LogP contribution in [-0.4, -0.2) is 0 Å². The second kappa shape index (κ2) is 8.37. The molecule has 0 aliphatic rings. The monoisotopic (exact) mass is 491 g/mol. The second-order valence-corrected chi connectivity index (χ2v) is 16.6. The van der Waals surface area contributed by atoms with Crippen LogP contribution >= 0.6 is 32.4 Å². The fourth-order valence-electron chi connectivity index (χ4n) is 4.00. The first-order valence-corrected chi connectivity index (χ1v) is 14.5. The molecule has 0 radical (unpaired) electrons. The molecule has 0 saturated heterocycles. The van der Waals surface area contributed by atoms with E-state index in [-0.39, 0.29) is 0 Å². The van der Waals surface area contributed by atoms with Gasteiger partial charge in [-0.1, -0.05) is 0 Å². The van der Waals surface area contributed by atoms with Crippen LogP contribution in [0, 0.1) is 11.3 Å². The quantitative estimate of drug-likeness (QED) is 0.290. The molecule has 0 bridgehead atoms. The van der Waals surface area contributed by atoms with Crippen LogP contribution in [0.5, 0.6) is 0 Å². The number of benzene rings is 4. The third kappa shape index (κ3) is 3.48. The summed E-state index contributed by atoms with van der Waals surface area (Å²) < 4.78 is 0. The third-order valence-corrected chi connectivity index (χ3v) is 15.4. The van der Waals surface area contributed by atoms with Gasteiger partial charge in [0.15, 0.2) is 0 Å². The summed E-state index contributed by atoms with van der Waals surface area (Å²) in [5, 5.41) is 10.5. The molecule has 4 heteroatoms. The molecule has 0 aromatic heterocycles. The van der Waals surface area contributed by atoms with E-state index in [1.54, 1.807) is 6.07 Å². The van der Waals surface area contributed by atoms with Crippen molar-refractivity contribution < 1.29 is 0 Å². The fourth-order valence-corrected chi connectivity index (χ4v) is 12.0. The summed E-state index contributed by atoms with van der Waals surface area (Å²) in [4.78, 5) is 0. The van der Waals surface area contributed by atoms with Crippen LogP contribution < -0.4 is 15.9 Å². The van der Waals surface area contributed by atoms with Crippen molar-refractivity contribution in [1.29, 1.82) is 5.26 Å². The summed E-state index contributed by atoms with van der Waals surface area (Å²) in [6.07, 6.45) is 0.703. The predicted molar refractivity (Wildman–Crippen MR) is 134 cm³/mol. The van der Waals surface area contributed by atoms with Crippen LogP contribution in [0.25, 0.3) is 0 Å². The first kappa shape index (κ1) is 20.8. The van der Waals surface area contributed by atoms with Gasteiger partial charge in [-0.25, -0.2) is 0 Å². The molecule has 0 aliphatic heterocycles. The van der Waals surface area contributed by atoms with E-state index in [0.29, 0.717) is 16.7 Å². The molecule has 0 spiro atoms. The molecule has 4 aromatic rings. The van der Waals surface area contributed by atoms with E-state index in [1.165, 1.54) is 15.9 Å². The van der Waals surface area contributed by atoms with Crippen molar-refractivity contribution in [2.24, 2.45) is 0 Å². The van der Waals surface area contributed by atoms with E-state index < -0.39 is 5.31 Å². The van der Waals surface area contributed by atoms with E-state index in [4.69, 9.17) is 11.6 Å². The summed E-state index contributed by atoms with van der Waals surface area (Å²) in [5.41, 5.74) is 1.58.